The summed E-state index contributed by atoms with van der Waals surface area (Å²) < 4.78 is 0. The minimum atomic E-state index is -0.523. The largest absolute Gasteiger partial charge is 0.390 e. The van der Waals surface area contributed by atoms with E-state index in [1.807, 2.05) is 24.3 Å². The molecule has 1 saturated heterocycles. The molecule has 0 spiro atoms. The van der Waals surface area contributed by atoms with Crippen LogP contribution in [0.1, 0.15) is 16.1 Å². The number of carbonyl (C=O) groups is 1. The third-order valence-corrected chi connectivity index (χ3v) is 3.95. The van der Waals surface area contributed by atoms with Gasteiger partial charge in [0.25, 0.3) is 5.91 Å². The average Bonchev–Trinajstić information content (AvgIpc) is 2.99. The Morgan fingerprint density at radius 1 is 1.14 bits per heavy atom. The number of hydrogen-bond donors (Lipinski definition) is 2. The summed E-state index contributed by atoms with van der Waals surface area (Å²) in [6.45, 7) is 3.15. The molecule has 0 unspecified atom stereocenters. The van der Waals surface area contributed by atoms with Crippen LogP contribution in [0, 0.1) is 0 Å². The highest BCUT2D eigenvalue weighted by Crippen LogP contribution is 2.11. The number of rotatable bonds is 3. The third kappa shape index (κ3) is 3.55. The van der Waals surface area contributed by atoms with E-state index in [-0.39, 0.29) is 5.91 Å². The molecule has 22 heavy (non-hydrogen) atoms. The van der Waals surface area contributed by atoms with Crippen molar-refractivity contribution in [3.63, 3.8) is 0 Å². The molecule has 0 aliphatic carbocycles. The van der Waals surface area contributed by atoms with Crippen LogP contribution in [0.3, 0.4) is 0 Å². The van der Waals surface area contributed by atoms with Crippen molar-refractivity contribution < 1.29 is 9.90 Å². The zero-order chi connectivity index (χ0) is 15.4. The normalized spacial score (nSPS) is 19.9. The van der Waals surface area contributed by atoms with E-state index >= 15 is 0 Å². The van der Waals surface area contributed by atoms with Crippen LogP contribution in [0.5, 0.6) is 0 Å². The summed E-state index contributed by atoms with van der Waals surface area (Å²) in [5.74, 6) is -0.0504. The number of carbonyl (C=O) groups excluding carboxylic acids is 1. The Balaban J connectivity index is 1.64. The Labute approximate surface area is 130 Å². The van der Waals surface area contributed by atoms with Gasteiger partial charge in [0, 0.05) is 38.9 Å². The lowest BCUT2D eigenvalue weighted by atomic mass is 10.2. The minimum absolute atomic E-state index is 0.0504. The van der Waals surface area contributed by atoms with Gasteiger partial charge in [-0.05, 0) is 17.7 Å². The zero-order valence-corrected chi connectivity index (χ0v) is 12.5. The molecule has 2 heterocycles. The molecule has 0 saturated carbocycles. The van der Waals surface area contributed by atoms with Gasteiger partial charge in [-0.15, -0.1) is 0 Å². The standard InChI is InChI=1S/C17H21N3O2/c21-15-12-19(11-14-5-2-1-3-6-14)9-10-20(13-15)17(22)16-7-4-8-18-16/h1-8,15,18,21H,9-13H2/t15-/m1/s1. The van der Waals surface area contributed by atoms with Gasteiger partial charge in [0.05, 0.1) is 6.10 Å². The predicted octanol–water partition coefficient (Wildman–Crippen LogP) is 1.33. The van der Waals surface area contributed by atoms with Crippen molar-refractivity contribution in [3.8, 4) is 0 Å². The lowest BCUT2D eigenvalue weighted by Gasteiger charge is -2.21. The molecule has 1 aromatic carbocycles. The van der Waals surface area contributed by atoms with E-state index in [1.165, 1.54) is 5.56 Å². The zero-order valence-electron chi connectivity index (χ0n) is 12.5. The first-order chi connectivity index (χ1) is 10.7. The number of nitrogens with zero attached hydrogens (tertiary/aromatic N) is 2. The summed E-state index contributed by atoms with van der Waals surface area (Å²) in [6, 6.07) is 13.8. The molecule has 1 atom stereocenters. The molecule has 0 bridgehead atoms. The van der Waals surface area contributed by atoms with Crippen molar-refractivity contribution in [2.75, 3.05) is 26.2 Å². The number of aliphatic hydroxyl groups is 1. The molecule has 1 aromatic heterocycles. The molecule has 116 valence electrons. The van der Waals surface area contributed by atoms with Gasteiger partial charge in [-0.3, -0.25) is 9.69 Å². The summed E-state index contributed by atoms with van der Waals surface area (Å²) in [6.07, 6.45) is 1.22. The first-order valence-electron chi connectivity index (χ1n) is 7.59. The van der Waals surface area contributed by atoms with Crippen LogP contribution in [-0.2, 0) is 6.54 Å². The van der Waals surface area contributed by atoms with Crippen LogP contribution in [-0.4, -0.2) is 58.1 Å². The SMILES string of the molecule is O=C(c1ccc[nH]1)N1CCN(Cc2ccccc2)C[C@@H](O)C1. The third-order valence-electron chi connectivity index (χ3n) is 3.95. The summed E-state index contributed by atoms with van der Waals surface area (Å²) in [5, 5.41) is 10.2. The quantitative estimate of drug-likeness (QED) is 0.899. The fraction of sp³-hybridized carbons (Fsp3) is 0.353. The van der Waals surface area contributed by atoms with Gasteiger partial charge in [0.1, 0.15) is 5.69 Å². The van der Waals surface area contributed by atoms with Crippen molar-refractivity contribution in [3.05, 3.63) is 59.9 Å². The number of hydrogen-bond acceptors (Lipinski definition) is 3. The first-order valence-corrected chi connectivity index (χ1v) is 7.59. The Morgan fingerprint density at radius 2 is 1.95 bits per heavy atom. The van der Waals surface area contributed by atoms with Gasteiger partial charge < -0.3 is 15.0 Å². The second-order valence-corrected chi connectivity index (χ2v) is 5.71. The van der Waals surface area contributed by atoms with E-state index in [2.05, 4.69) is 22.0 Å². The number of benzene rings is 1. The van der Waals surface area contributed by atoms with E-state index in [0.29, 0.717) is 25.3 Å². The summed E-state index contributed by atoms with van der Waals surface area (Å²) in [7, 11) is 0. The minimum Gasteiger partial charge on any atom is -0.390 e. The van der Waals surface area contributed by atoms with Crippen LogP contribution in [0.2, 0.25) is 0 Å². The topological polar surface area (TPSA) is 59.6 Å². The average molecular weight is 299 g/mol. The molecule has 2 N–H and O–H groups in total. The molecule has 1 amide bonds. The maximum atomic E-state index is 12.4. The van der Waals surface area contributed by atoms with E-state index in [9.17, 15) is 9.90 Å². The summed E-state index contributed by atoms with van der Waals surface area (Å²) >= 11 is 0. The maximum absolute atomic E-state index is 12.4. The first kappa shape index (κ1) is 14.8. The van der Waals surface area contributed by atoms with E-state index < -0.39 is 6.10 Å². The second-order valence-electron chi connectivity index (χ2n) is 5.71. The predicted molar refractivity (Wildman–Crippen MR) is 84.4 cm³/mol. The smallest absolute Gasteiger partial charge is 0.270 e. The van der Waals surface area contributed by atoms with Crippen molar-refractivity contribution in [2.24, 2.45) is 0 Å². The molecular weight excluding hydrogens is 278 g/mol. The van der Waals surface area contributed by atoms with Gasteiger partial charge in [0.15, 0.2) is 0 Å². The van der Waals surface area contributed by atoms with Gasteiger partial charge in [-0.1, -0.05) is 30.3 Å². The van der Waals surface area contributed by atoms with Crippen LogP contribution < -0.4 is 0 Å². The number of aromatic nitrogens is 1. The number of amides is 1. The fourth-order valence-electron chi connectivity index (χ4n) is 2.86. The Hall–Kier alpha value is -2.11. The van der Waals surface area contributed by atoms with Gasteiger partial charge in [-0.25, -0.2) is 0 Å². The molecule has 2 aromatic rings. The van der Waals surface area contributed by atoms with Crippen molar-refractivity contribution >= 4 is 5.91 Å². The van der Waals surface area contributed by atoms with Crippen LogP contribution in [0.15, 0.2) is 48.7 Å². The molecule has 5 heteroatoms. The van der Waals surface area contributed by atoms with Gasteiger partial charge in [-0.2, -0.15) is 0 Å². The number of aromatic amines is 1. The van der Waals surface area contributed by atoms with Gasteiger partial charge in [0.2, 0.25) is 0 Å². The van der Waals surface area contributed by atoms with Crippen LogP contribution >= 0.6 is 0 Å². The Morgan fingerprint density at radius 3 is 2.68 bits per heavy atom. The fourth-order valence-corrected chi connectivity index (χ4v) is 2.86. The van der Waals surface area contributed by atoms with Crippen LogP contribution in [0.4, 0.5) is 0 Å². The highest BCUT2D eigenvalue weighted by molar-refractivity contribution is 5.92. The number of β-amino-alcohol motifs (C(OH)–C–C–N with tert-alkyl or cyclic N) is 1. The highest BCUT2D eigenvalue weighted by atomic mass is 16.3. The van der Waals surface area contributed by atoms with Crippen molar-refractivity contribution in [1.29, 1.82) is 0 Å². The summed E-state index contributed by atoms with van der Waals surface area (Å²) in [5.41, 5.74) is 1.79. The lowest BCUT2D eigenvalue weighted by Crippen LogP contribution is -2.37. The molecule has 0 radical (unpaired) electrons. The van der Waals surface area contributed by atoms with E-state index in [4.69, 9.17) is 0 Å². The van der Waals surface area contributed by atoms with Crippen molar-refractivity contribution in [1.82, 2.24) is 14.8 Å². The lowest BCUT2D eigenvalue weighted by molar-refractivity contribution is 0.0658. The number of nitrogens with one attached hydrogen (secondary N) is 1. The Kier molecular flexibility index (Phi) is 4.56. The number of H-pyrrole nitrogens is 1. The monoisotopic (exact) mass is 299 g/mol. The van der Waals surface area contributed by atoms with E-state index in [1.54, 1.807) is 17.2 Å². The Bertz CT molecular complexity index is 598. The molecular formula is C17H21N3O2. The molecule has 1 aliphatic heterocycles. The molecule has 5 nitrogen and oxygen atoms in total. The second kappa shape index (κ2) is 6.77. The van der Waals surface area contributed by atoms with Crippen LogP contribution in [0.25, 0.3) is 0 Å². The maximum Gasteiger partial charge on any atom is 0.270 e. The molecule has 3 rings (SSSR count). The van der Waals surface area contributed by atoms with E-state index in [0.717, 1.165) is 13.1 Å². The highest BCUT2D eigenvalue weighted by Gasteiger charge is 2.25. The molecule has 1 fully saturated rings. The van der Waals surface area contributed by atoms with Gasteiger partial charge >= 0.3 is 0 Å². The summed E-state index contributed by atoms with van der Waals surface area (Å²) in [4.78, 5) is 19.2. The molecule has 1 aliphatic rings. The van der Waals surface area contributed by atoms with Crippen molar-refractivity contribution in [2.45, 2.75) is 12.6 Å². The number of aliphatic hydroxyl groups excluding tert-OH is 1.